The number of nitrogens with one attached hydrogen (secondary N) is 3. The third-order valence-electron chi connectivity index (χ3n) is 4.96. The molecule has 30 heavy (non-hydrogen) atoms. The third-order valence-corrected chi connectivity index (χ3v) is 5.19. The van der Waals surface area contributed by atoms with E-state index in [1.54, 1.807) is 18.6 Å². The molecule has 7 nitrogen and oxygen atoms in total. The van der Waals surface area contributed by atoms with Gasteiger partial charge in [-0.15, -0.1) is 0 Å². The molecule has 0 bridgehead atoms. The largest absolute Gasteiger partial charge is 0.384 e. The van der Waals surface area contributed by atoms with Crippen molar-refractivity contribution in [1.82, 2.24) is 25.2 Å². The van der Waals surface area contributed by atoms with Crippen LogP contribution in [0.2, 0.25) is 5.02 Å². The van der Waals surface area contributed by atoms with Crippen LogP contribution in [0.5, 0.6) is 0 Å². The second-order valence-electron chi connectivity index (χ2n) is 7.26. The molecule has 8 heteroatoms. The third kappa shape index (κ3) is 5.89. The van der Waals surface area contributed by atoms with E-state index in [4.69, 9.17) is 11.6 Å². The Morgan fingerprint density at radius 1 is 1.00 bits per heavy atom. The van der Waals surface area contributed by atoms with Crippen LogP contribution >= 0.6 is 11.6 Å². The quantitative estimate of drug-likeness (QED) is 0.477. The van der Waals surface area contributed by atoms with Crippen LogP contribution in [0.4, 0.5) is 17.2 Å². The molecule has 1 aliphatic heterocycles. The van der Waals surface area contributed by atoms with Gasteiger partial charge in [-0.3, -0.25) is 9.97 Å². The Hall–Kier alpha value is -2.74. The fraction of sp³-hybridized carbons (Fsp3) is 0.318. The predicted molar refractivity (Wildman–Crippen MR) is 122 cm³/mol. The summed E-state index contributed by atoms with van der Waals surface area (Å²) in [5.74, 6) is 0.657. The summed E-state index contributed by atoms with van der Waals surface area (Å²) in [4.78, 5) is 15.9. The maximum atomic E-state index is 6.06. The monoisotopic (exact) mass is 423 g/mol. The Morgan fingerprint density at radius 2 is 1.87 bits per heavy atom. The normalized spacial score (nSPS) is 14.4. The lowest BCUT2D eigenvalue weighted by molar-refractivity contribution is 0.240. The number of aromatic nitrogens is 3. The molecule has 3 aromatic rings. The summed E-state index contributed by atoms with van der Waals surface area (Å²) in [5.41, 5.74) is 3.54. The van der Waals surface area contributed by atoms with Gasteiger partial charge in [-0.1, -0.05) is 17.7 Å². The topological polar surface area (TPSA) is 78.0 Å². The summed E-state index contributed by atoms with van der Waals surface area (Å²) in [6.45, 7) is 6.48. The summed E-state index contributed by atoms with van der Waals surface area (Å²) in [5, 5.41) is 10.8. The fourth-order valence-electron chi connectivity index (χ4n) is 3.43. The van der Waals surface area contributed by atoms with Crippen molar-refractivity contribution in [2.24, 2.45) is 0 Å². The van der Waals surface area contributed by atoms with Gasteiger partial charge >= 0.3 is 0 Å². The van der Waals surface area contributed by atoms with Crippen LogP contribution in [-0.2, 0) is 0 Å². The molecule has 0 aliphatic carbocycles. The first-order chi connectivity index (χ1) is 14.8. The SMILES string of the molecule is Clc1cccc(Nc2cncc(-c3cncc(NCCCN4CCNCC4)c3)n2)c1. The number of nitrogens with zero attached hydrogens (tertiary/aromatic N) is 4. The molecule has 0 amide bonds. The van der Waals surface area contributed by atoms with Crippen LogP contribution in [0.15, 0.2) is 55.1 Å². The van der Waals surface area contributed by atoms with Crippen LogP contribution in [0, 0.1) is 0 Å². The van der Waals surface area contributed by atoms with Gasteiger partial charge in [0.15, 0.2) is 0 Å². The van der Waals surface area contributed by atoms with Gasteiger partial charge in [-0.2, -0.15) is 0 Å². The van der Waals surface area contributed by atoms with Gasteiger partial charge in [0.25, 0.3) is 0 Å². The first kappa shape index (κ1) is 20.5. The van der Waals surface area contributed by atoms with Crippen molar-refractivity contribution in [2.75, 3.05) is 49.9 Å². The Labute approximate surface area is 181 Å². The van der Waals surface area contributed by atoms with E-state index in [2.05, 4.69) is 41.9 Å². The van der Waals surface area contributed by atoms with Crippen molar-refractivity contribution in [3.63, 3.8) is 0 Å². The molecule has 3 heterocycles. The number of hydrogen-bond acceptors (Lipinski definition) is 7. The second kappa shape index (κ2) is 10.3. The van der Waals surface area contributed by atoms with Gasteiger partial charge in [0.1, 0.15) is 5.82 Å². The first-order valence-electron chi connectivity index (χ1n) is 10.2. The van der Waals surface area contributed by atoms with E-state index in [0.29, 0.717) is 10.8 Å². The summed E-state index contributed by atoms with van der Waals surface area (Å²) in [6, 6.07) is 9.58. The standard InChI is InChI=1S/C22H26ClN7/c23-18-3-1-4-19(12-18)28-22-16-26-15-21(29-22)17-11-20(14-25-13-17)27-5-2-8-30-9-6-24-7-10-30/h1,3-4,11-16,24,27H,2,5-10H2,(H,28,29). The maximum absolute atomic E-state index is 6.06. The number of rotatable bonds is 8. The number of anilines is 3. The molecule has 0 radical (unpaired) electrons. The highest BCUT2D eigenvalue weighted by Crippen LogP contribution is 2.23. The summed E-state index contributed by atoms with van der Waals surface area (Å²) in [6.07, 6.45) is 8.18. The first-order valence-corrected chi connectivity index (χ1v) is 10.6. The molecule has 0 saturated carbocycles. The van der Waals surface area contributed by atoms with E-state index in [9.17, 15) is 0 Å². The van der Waals surface area contributed by atoms with Gasteiger partial charge in [-0.25, -0.2) is 4.98 Å². The average molecular weight is 424 g/mol. The Kier molecular flexibility index (Phi) is 7.07. The molecule has 1 aromatic carbocycles. The number of benzene rings is 1. The second-order valence-corrected chi connectivity index (χ2v) is 7.70. The van der Waals surface area contributed by atoms with Gasteiger partial charge in [0.05, 0.1) is 23.8 Å². The minimum atomic E-state index is 0.657. The van der Waals surface area contributed by atoms with E-state index in [0.717, 1.165) is 68.3 Å². The van der Waals surface area contributed by atoms with Crippen LogP contribution < -0.4 is 16.0 Å². The number of piperazine rings is 1. The molecule has 4 rings (SSSR count). The molecule has 1 saturated heterocycles. The lowest BCUT2D eigenvalue weighted by Gasteiger charge is -2.27. The van der Waals surface area contributed by atoms with Crippen molar-refractivity contribution >= 4 is 28.8 Å². The predicted octanol–water partition coefficient (Wildman–Crippen LogP) is 3.64. The molecule has 1 fully saturated rings. The molecule has 156 valence electrons. The van der Waals surface area contributed by atoms with Gasteiger partial charge < -0.3 is 20.9 Å². The lowest BCUT2D eigenvalue weighted by Crippen LogP contribution is -2.44. The zero-order valence-electron chi connectivity index (χ0n) is 16.8. The number of hydrogen-bond donors (Lipinski definition) is 3. The van der Waals surface area contributed by atoms with Crippen molar-refractivity contribution in [1.29, 1.82) is 0 Å². The van der Waals surface area contributed by atoms with Crippen LogP contribution in [0.1, 0.15) is 6.42 Å². The molecule has 2 aromatic heterocycles. The van der Waals surface area contributed by atoms with E-state index < -0.39 is 0 Å². The molecule has 1 aliphatic rings. The molecular formula is C22H26ClN7. The number of halogens is 1. The molecule has 0 spiro atoms. The van der Waals surface area contributed by atoms with Gasteiger partial charge in [0.2, 0.25) is 0 Å². The molecule has 0 unspecified atom stereocenters. The van der Waals surface area contributed by atoms with Crippen molar-refractivity contribution in [3.8, 4) is 11.3 Å². The Bertz CT molecular complexity index is 959. The summed E-state index contributed by atoms with van der Waals surface area (Å²) >= 11 is 6.06. The molecule has 0 atom stereocenters. The van der Waals surface area contributed by atoms with Gasteiger partial charge in [0, 0.05) is 61.4 Å². The molecular weight excluding hydrogens is 398 g/mol. The summed E-state index contributed by atoms with van der Waals surface area (Å²) < 4.78 is 0. The minimum Gasteiger partial charge on any atom is -0.384 e. The highest BCUT2D eigenvalue weighted by Gasteiger charge is 2.09. The van der Waals surface area contributed by atoms with Crippen LogP contribution in [-0.4, -0.2) is 59.1 Å². The summed E-state index contributed by atoms with van der Waals surface area (Å²) in [7, 11) is 0. The van der Waals surface area contributed by atoms with Gasteiger partial charge in [-0.05, 0) is 37.2 Å². The van der Waals surface area contributed by atoms with E-state index in [-0.39, 0.29) is 0 Å². The zero-order valence-corrected chi connectivity index (χ0v) is 17.6. The van der Waals surface area contributed by atoms with E-state index in [1.165, 1.54) is 0 Å². The lowest BCUT2D eigenvalue weighted by atomic mass is 10.2. The number of pyridine rings is 1. The van der Waals surface area contributed by atoms with Crippen molar-refractivity contribution in [3.05, 3.63) is 60.1 Å². The fourth-order valence-corrected chi connectivity index (χ4v) is 3.62. The van der Waals surface area contributed by atoms with Crippen molar-refractivity contribution in [2.45, 2.75) is 6.42 Å². The van der Waals surface area contributed by atoms with Crippen LogP contribution in [0.3, 0.4) is 0 Å². The average Bonchev–Trinajstić information content (AvgIpc) is 2.78. The molecule has 3 N–H and O–H groups in total. The highest BCUT2D eigenvalue weighted by atomic mass is 35.5. The zero-order chi connectivity index (χ0) is 20.6. The van der Waals surface area contributed by atoms with E-state index in [1.807, 2.05) is 30.5 Å². The van der Waals surface area contributed by atoms with Crippen molar-refractivity contribution < 1.29 is 0 Å². The highest BCUT2D eigenvalue weighted by molar-refractivity contribution is 6.30. The smallest absolute Gasteiger partial charge is 0.149 e. The van der Waals surface area contributed by atoms with E-state index >= 15 is 0 Å². The maximum Gasteiger partial charge on any atom is 0.149 e. The Morgan fingerprint density at radius 3 is 2.73 bits per heavy atom. The Balaban J connectivity index is 1.36. The van der Waals surface area contributed by atoms with Crippen LogP contribution in [0.25, 0.3) is 11.3 Å². The minimum absolute atomic E-state index is 0.657.